The van der Waals surface area contributed by atoms with Gasteiger partial charge in [0.25, 0.3) is 0 Å². The summed E-state index contributed by atoms with van der Waals surface area (Å²) in [5.41, 5.74) is 1.91. The number of rotatable bonds is 5. The fraction of sp³-hybridized carbons (Fsp3) is 0.0588. The lowest BCUT2D eigenvalue weighted by atomic mass is 10.1. The third-order valence-corrected chi connectivity index (χ3v) is 5.17. The largest absolute Gasteiger partial charge is 0.481 e. The van der Waals surface area contributed by atoms with Crippen LogP contribution in [0.15, 0.2) is 42.5 Å². The minimum Gasteiger partial charge on any atom is -0.481 e. The molecule has 2 N–H and O–H groups in total. The van der Waals surface area contributed by atoms with Crippen LogP contribution in [0, 0.1) is 0 Å². The summed E-state index contributed by atoms with van der Waals surface area (Å²) in [5, 5.41) is 14.3. The minimum absolute atomic E-state index is 0.131. The van der Waals surface area contributed by atoms with Crippen molar-refractivity contribution in [3.05, 3.63) is 62.4 Å². The molecule has 0 bridgehead atoms. The van der Waals surface area contributed by atoms with E-state index in [1.54, 1.807) is 42.5 Å². The van der Waals surface area contributed by atoms with Crippen LogP contribution < -0.4 is 5.32 Å². The maximum atomic E-state index is 11.2. The smallest absolute Gasteiger partial charge is 0.308 e. The number of nitrogens with zero attached hydrogens (tertiary/aromatic N) is 1. The molecule has 0 aliphatic heterocycles. The third kappa shape index (κ3) is 4.25. The molecule has 4 nitrogen and oxygen atoms in total. The zero-order valence-corrected chi connectivity index (χ0v) is 15.7. The van der Waals surface area contributed by atoms with Crippen LogP contribution in [-0.4, -0.2) is 16.1 Å². The number of aromatic nitrogens is 1. The average Bonchev–Trinajstić information content (AvgIpc) is 2.93. The van der Waals surface area contributed by atoms with Crippen LogP contribution in [0.25, 0.3) is 11.3 Å². The van der Waals surface area contributed by atoms with Crippen molar-refractivity contribution >= 4 is 62.9 Å². The van der Waals surface area contributed by atoms with Gasteiger partial charge in [-0.2, -0.15) is 0 Å². The Morgan fingerprint density at radius 1 is 1.08 bits per heavy atom. The maximum Gasteiger partial charge on any atom is 0.308 e. The molecule has 0 unspecified atom stereocenters. The Hall–Kier alpha value is -1.79. The van der Waals surface area contributed by atoms with Crippen molar-refractivity contribution in [1.29, 1.82) is 0 Å². The molecule has 0 amide bonds. The summed E-state index contributed by atoms with van der Waals surface area (Å²) in [6.07, 6.45) is -0.131. The number of benzene rings is 2. The fourth-order valence-corrected chi connectivity index (χ4v) is 3.82. The number of nitrogens with one attached hydrogen (secondary N) is 1. The molecule has 0 radical (unpaired) electrons. The lowest BCUT2D eigenvalue weighted by molar-refractivity contribution is -0.136. The van der Waals surface area contributed by atoms with Gasteiger partial charge in [-0.3, -0.25) is 4.79 Å². The van der Waals surface area contributed by atoms with E-state index >= 15 is 0 Å². The van der Waals surface area contributed by atoms with Gasteiger partial charge < -0.3 is 10.4 Å². The van der Waals surface area contributed by atoms with Gasteiger partial charge in [-0.15, -0.1) is 11.3 Å². The lowest BCUT2D eigenvalue weighted by Gasteiger charge is -2.06. The molecule has 128 valence electrons. The Morgan fingerprint density at radius 2 is 1.72 bits per heavy atom. The molecule has 0 spiro atoms. The van der Waals surface area contributed by atoms with Crippen molar-refractivity contribution in [1.82, 2.24) is 4.98 Å². The molecule has 2 aromatic carbocycles. The number of anilines is 2. The third-order valence-electron chi connectivity index (χ3n) is 3.32. The van der Waals surface area contributed by atoms with Crippen LogP contribution in [0.2, 0.25) is 15.1 Å². The SMILES string of the molecule is O=C(O)Cc1sc(Nc2c(Cl)cccc2Cl)nc1-c1ccc(Cl)cc1. The highest BCUT2D eigenvalue weighted by molar-refractivity contribution is 7.16. The molecule has 1 aromatic heterocycles. The number of hydrogen-bond donors (Lipinski definition) is 2. The number of para-hydroxylation sites is 1. The van der Waals surface area contributed by atoms with Crippen molar-refractivity contribution in [2.75, 3.05) is 5.32 Å². The Bertz CT molecular complexity index is 906. The lowest BCUT2D eigenvalue weighted by Crippen LogP contribution is -1.99. The standard InChI is InChI=1S/C17H11Cl3N2O2S/c18-10-6-4-9(5-7-10)15-13(8-14(23)24)25-17(21-15)22-16-11(19)2-1-3-12(16)20/h1-7H,8H2,(H,21,22)(H,23,24). The molecule has 0 fully saturated rings. The van der Waals surface area contributed by atoms with Gasteiger partial charge in [0.1, 0.15) is 0 Å². The monoisotopic (exact) mass is 412 g/mol. The minimum atomic E-state index is -0.929. The molecule has 0 atom stereocenters. The van der Waals surface area contributed by atoms with Crippen LogP contribution in [0.3, 0.4) is 0 Å². The van der Waals surface area contributed by atoms with E-state index in [4.69, 9.17) is 39.9 Å². The van der Waals surface area contributed by atoms with Crippen LogP contribution in [0.5, 0.6) is 0 Å². The van der Waals surface area contributed by atoms with Crippen molar-refractivity contribution < 1.29 is 9.90 Å². The Kier molecular flexibility index (Phi) is 5.49. The zero-order valence-electron chi connectivity index (χ0n) is 12.6. The Balaban J connectivity index is 2.01. The van der Waals surface area contributed by atoms with E-state index in [-0.39, 0.29) is 6.42 Å². The van der Waals surface area contributed by atoms with E-state index in [0.29, 0.717) is 36.5 Å². The molecule has 8 heteroatoms. The van der Waals surface area contributed by atoms with Gasteiger partial charge >= 0.3 is 5.97 Å². The number of carboxylic acids is 1. The molecule has 0 aliphatic carbocycles. The zero-order chi connectivity index (χ0) is 18.0. The molecule has 0 saturated carbocycles. The van der Waals surface area contributed by atoms with E-state index in [0.717, 1.165) is 5.56 Å². The van der Waals surface area contributed by atoms with Gasteiger partial charge in [0.2, 0.25) is 0 Å². The van der Waals surface area contributed by atoms with Crippen molar-refractivity contribution in [3.8, 4) is 11.3 Å². The Labute approximate surface area is 163 Å². The van der Waals surface area contributed by atoms with E-state index in [1.807, 2.05) is 0 Å². The first-order valence-electron chi connectivity index (χ1n) is 7.12. The van der Waals surface area contributed by atoms with Gasteiger partial charge in [-0.05, 0) is 24.3 Å². The molecule has 3 aromatic rings. The summed E-state index contributed by atoms with van der Waals surface area (Å²) in [6, 6.07) is 12.2. The predicted molar refractivity (Wildman–Crippen MR) is 104 cm³/mol. The summed E-state index contributed by atoms with van der Waals surface area (Å²) >= 11 is 19.5. The molecular weight excluding hydrogens is 403 g/mol. The fourth-order valence-electron chi connectivity index (χ4n) is 2.22. The number of halogens is 3. The van der Waals surface area contributed by atoms with Gasteiger partial charge in [0.05, 0.1) is 27.8 Å². The summed E-state index contributed by atoms with van der Waals surface area (Å²) in [5.74, 6) is -0.929. The molecular formula is C17H11Cl3N2O2S. The summed E-state index contributed by atoms with van der Waals surface area (Å²) in [7, 11) is 0. The van der Waals surface area contributed by atoms with Gasteiger partial charge in [0.15, 0.2) is 5.13 Å². The van der Waals surface area contributed by atoms with Crippen LogP contribution in [0.4, 0.5) is 10.8 Å². The number of carboxylic acid groups (broad SMARTS) is 1. The van der Waals surface area contributed by atoms with E-state index < -0.39 is 5.97 Å². The quantitative estimate of drug-likeness (QED) is 0.527. The first-order chi connectivity index (χ1) is 11.9. The van der Waals surface area contributed by atoms with Gasteiger partial charge in [-0.25, -0.2) is 4.98 Å². The number of hydrogen-bond acceptors (Lipinski definition) is 4. The van der Waals surface area contributed by atoms with Crippen LogP contribution in [-0.2, 0) is 11.2 Å². The predicted octanol–water partition coefficient (Wildman–Crippen LogP) is 6.14. The molecule has 1 heterocycles. The first-order valence-corrected chi connectivity index (χ1v) is 9.07. The van der Waals surface area contributed by atoms with Crippen LogP contribution >= 0.6 is 46.1 Å². The second kappa shape index (κ2) is 7.62. The topological polar surface area (TPSA) is 62.2 Å². The van der Waals surface area contributed by atoms with Crippen molar-refractivity contribution in [2.24, 2.45) is 0 Å². The molecule has 3 rings (SSSR count). The van der Waals surface area contributed by atoms with E-state index in [1.165, 1.54) is 11.3 Å². The second-order valence-corrected chi connectivity index (χ2v) is 7.42. The summed E-state index contributed by atoms with van der Waals surface area (Å²) < 4.78 is 0. The Morgan fingerprint density at radius 3 is 2.32 bits per heavy atom. The van der Waals surface area contributed by atoms with E-state index in [2.05, 4.69) is 10.3 Å². The van der Waals surface area contributed by atoms with Gasteiger partial charge in [-0.1, -0.05) is 53.0 Å². The maximum absolute atomic E-state index is 11.2. The van der Waals surface area contributed by atoms with E-state index in [9.17, 15) is 4.79 Å². The number of thiazole rings is 1. The summed E-state index contributed by atoms with van der Waals surface area (Å²) in [4.78, 5) is 16.3. The van der Waals surface area contributed by atoms with Crippen molar-refractivity contribution in [2.45, 2.75) is 6.42 Å². The molecule has 0 aliphatic rings. The average molecular weight is 414 g/mol. The van der Waals surface area contributed by atoms with Crippen molar-refractivity contribution in [3.63, 3.8) is 0 Å². The summed E-state index contributed by atoms with van der Waals surface area (Å²) in [6.45, 7) is 0. The number of aliphatic carboxylic acids is 1. The highest BCUT2D eigenvalue weighted by Gasteiger charge is 2.17. The molecule has 0 saturated heterocycles. The normalized spacial score (nSPS) is 10.7. The first kappa shape index (κ1) is 18.0. The molecule has 25 heavy (non-hydrogen) atoms. The highest BCUT2D eigenvalue weighted by atomic mass is 35.5. The van der Waals surface area contributed by atoms with Gasteiger partial charge in [0, 0.05) is 15.5 Å². The van der Waals surface area contributed by atoms with Crippen LogP contribution in [0.1, 0.15) is 4.88 Å². The second-order valence-electron chi connectivity index (χ2n) is 5.09. The highest BCUT2D eigenvalue weighted by Crippen LogP contribution is 2.37. The number of carbonyl (C=O) groups is 1.